The summed E-state index contributed by atoms with van der Waals surface area (Å²) >= 11 is 24.9. The number of nitrogens with zero attached hydrogens (tertiary/aromatic N) is 8. The van der Waals surface area contributed by atoms with Gasteiger partial charge in [0.15, 0.2) is 0 Å². The molecule has 1 aromatic heterocycles. The van der Waals surface area contributed by atoms with E-state index in [0.717, 1.165) is 68.0 Å². The predicted molar refractivity (Wildman–Crippen MR) is 284 cm³/mol. The molecule has 0 spiro atoms. The van der Waals surface area contributed by atoms with Gasteiger partial charge in [-0.05, 0) is 98.5 Å². The van der Waals surface area contributed by atoms with Crippen LogP contribution in [0.4, 0.5) is 10.1 Å². The van der Waals surface area contributed by atoms with Gasteiger partial charge in [-0.25, -0.2) is 24.4 Å². The van der Waals surface area contributed by atoms with Gasteiger partial charge in [-0.2, -0.15) is 0 Å². The normalized spacial score (nSPS) is 15.2. The third-order valence-corrected chi connectivity index (χ3v) is 12.7. The first kappa shape index (κ1) is 49.2. The summed E-state index contributed by atoms with van der Waals surface area (Å²) in [5.74, 6) is 2.51. The van der Waals surface area contributed by atoms with Crippen LogP contribution in [-0.4, -0.2) is 69.2 Å². The molecule has 3 aliphatic heterocycles. The lowest BCUT2D eigenvalue weighted by molar-refractivity contribution is -0.0120. The number of nitrogens with one attached hydrogen (secondary N) is 1. The van der Waals surface area contributed by atoms with Gasteiger partial charge in [-0.3, -0.25) is 35.1 Å². The second-order valence-electron chi connectivity index (χ2n) is 16.8. The molecule has 358 valence electrons. The lowest BCUT2D eigenvalue weighted by atomic mass is 10.00. The molecule has 71 heavy (non-hydrogen) atoms. The SMILES string of the molecule is C=CCONC1=Nc2ccc(Cl)cc2C(c2ccccc2Cl)=NC1.Cc1ncc2n1-c1ccc(Cl)cc1C(c1ccccc1F)=NC2.ON1CC(=NCC2CC2)N=c2ccc(Cl)cc2=C1c1ccccc1. The zero-order chi connectivity index (χ0) is 49.4. The van der Waals surface area contributed by atoms with E-state index in [-0.39, 0.29) is 12.4 Å². The van der Waals surface area contributed by atoms with E-state index < -0.39 is 0 Å². The number of aryl methyl sites for hydroxylation is 1. The maximum absolute atomic E-state index is 14.3. The van der Waals surface area contributed by atoms with E-state index in [1.165, 1.54) is 24.0 Å². The Balaban J connectivity index is 0.000000132. The van der Waals surface area contributed by atoms with Crippen LogP contribution in [0.3, 0.4) is 0 Å². The monoisotopic (exact) mass is 1020 g/mol. The Morgan fingerprint density at radius 1 is 0.775 bits per heavy atom. The van der Waals surface area contributed by atoms with Crippen LogP contribution in [0.1, 0.15) is 52.2 Å². The minimum absolute atomic E-state index is 0.267. The summed E-state index contributed by atoms with van der Waals surface area (Å²) in [6, 6.07) is 40.6. The zero-order valence-corrected chi connectivity index (χ0v) is 41.4. The van der Waals surface area contributed by atoms with Crippen molar-refractivity contribution in [1.29, 1.82) is 0 Å². The maximum atomic E-state index is 14.3. The molecule has 4 aliphatic rings. The van der Waals surface area contributed by atoms with Crippen molar-refractivity contribution in [3.63, 3.8) is 0 Å². The molecule has 4 heterocycles. The summed E-state index contributed by atoms with van der Waals surface area (Å²) in [7, 11) is 0. The molecule has 1 fully saturated rings. The van der Waals surface area contributed by atoms with Gasteiger partial charge in [0, 0.05) is 59.7 Å². The highest BCUT2D eigenvalue weighted by atomic mass is 35.5. The third kappa shape index (κ3) is 11.7. The Kier molecular flexibility index (Phi) is 15.6. The fourth-order valence-electron chi connectivity index (χ4n) is 8.13. The van der Waals surface area contributed by atoms with Crippen molar-refractivity contribution >= 4 is 80.9 Å². The smallest absolute Gasteiger partial charge is 0.148 e. The molecule has 0 radical (unpaired) electrons. The van der Waals surface area contributed by atoms with Crippen molar-refractivity contribution in [1.82, 2.24) is 20.1 Å². The van der Waals surface area contributed by atoms with Gasteiger partial charge in [0.25, 0.3) is 0 Å². The standard InChI is InChI=1S/C19H18ClN3O.C18H15Cl2N3O.C18H13ClFN3/c20-15-8-9-17-16(10-15)19(14-4-2-1-3-5-14)23(24)12-18(22-17)21-11-13-6-7-13;1-2-9-24-23-17-11-21-18(13-5-3-4-6-15(13)20)14-10-12(19)7-8-16(14)22-17;1-11-21-9-13-10-22-18(14-4-2-3-5-16(14)20)15-8-12(19)6-7-17(15)23(11)13/h1-5,8-10,13,24H,6-7,11-12H2;2-8,10H,1,9,11H2,(H,22,23);2-9H,10H2,1H3. The maximum Gasteiger partial charge on any atom is 0.148 e. The van der Waals surface area contributed by atoms with Crippen LogP contribution >= 0.6 is 46.4 Å². The van der Waals surface area contributed by atoms with E-state index in [1.54, 1.807) is 24.3 Å². The summed E-state index contributed by atoms with van der Waals surface area (Å²) in [4.78, 5) is 32.8. The van der Waals surface area contributed by atoms with Gasteiger partial charge in [-0.15, -0.1) is 6.58 Å². The summed E-state index contributed by atoms with van der Waals surface area (Å²) in [6.45, 7) is 7.75. The van der Waals surface area contributed by atoms with E-state index in [2.05, 4.69) is 42.0 Å². The van der Waals surface area contributed by atoms with Crippen LogP contribution in [0, 0.1) is 18.7 Å². The van der Waals surface area contributed by atoms with Gasteiger partial charge in [-0.1, -0.05) is 113 Å². The number of aromatic nitrogens is 2. The molecular formula is C55H46Cl4FN9O2. The van der Waals surface area contributed by atoms with Gasteiger partial charge < -0.3 is 0 Å². The quantitative estimate of drug-likeness (QED) is 0.0891. The first-order valence-electron chi connectivity index (χ1n) is 22.8. The molecule has 7 aromatic rings. The van der Waals surface area contributed by atoms with Crippen molar-refractivity contribution in [2.75, 3.05) is 26.2 Å². The number of hydrogen-bond donors (Lipinski definition) is 2. The Bertz CT molecular complexity index is 3390. The second kappa shape index (κ2) is 22.5. The summed E-state index contributed by atoms with van der Waals surface area (Å²) in [5, 5.41) is 16.0. The van der Waals surface area contributed by atoms with Crippen LogP contribution in [0.5, 0.6) is 0 Å². The van der Waals surface area contributed by atoms with E-state index in [4.69, 9.17) is 51.2 Å². The molecule has 16 heteroatoms. The van der Waals surface area contributed by atoms with Crippen LogP contribution < -0.4 is 16.1 Å². The Hall–Kier alpha value is -6.77. The molecular weight excluding hydrogens is 979 g/mol. The average molecular weight is 1030 g/mol. The molecule has 0 saturated heterocycles. The summed E-state index contributed by atoms with van der Waals surface area (Å²) in [6.07, 6.45) is 5.94. The summed E-state index contributed by atoms with van der Waals surface area (Å²) in [5.41, 5.74) is 11.4. The fraction of sp³-hybridized carbons (Fsp3) is 0.164. The minimum atomic E-state index is -0.293. The van der Waals surface area contributed by atoms with Crippen molar-refractivity contribution in [3.05, 3.63) is 228 Å². The number of aliphatic imine (C=N–C) groups is 4. The Morgan fingerprint density at radius 2 is 1.45 bits per heavy atom. The van der Waals surface area contributed by atoms with Crippen LogP contribution in [0.2, 0.25) is 20.1 Å². The first-order valence-corrected chi connectivity index (χ1v) is 24.3. The van der Waals surface area contributed by atoms with Gasteiger partial charge in [0.2, 0.25) is 0 Å². The molecule has 0 unspecified atom stereocenters. The van der Waals surface area contributed by atoms with Crippen molar-refractivity contribution < 1.29 is 14.4 Å². The molecule has 0 bridgehead atoms. The molecule has 1 aliphatic carbocycles. The number of imidazole rings is 1. The van der Waals surface area contributed by atoms with E-state index >= 15 is 0 Å². The highest BCUT2D eigenvalue weighted by molar-refractivity contribution is 6.36. The number of halogens is 5. The van der Waals surface area contributed by atoms with Crippen molar-refractivity contribution in [2.45, 2.75) is 26.3 Å². The number of rotatable bonds is 8. The molecule has 11 nitrogen and oxygen atoms in total. The fourth-order valence-corrected chi connectivity index (χ4v) is 8.88. The second-order valence-corrected chi connectivity index (χ2v) is 18.5. The molecule has 2 N–H and O–H groups in total. The van der Waals surface area contributed by atoms with Crippen molar-refractivity contribution in [2.24, 2.45) is 30.9 Å². The summed E-state index contributed by atoms with van der Waals surface area (Å²) < 4.78 is 16.3. The van der Waals surface area contributed by atoms with E-state index in [9.17, 15) is 9.60 Å². The van der Waals surface area contributed by atoms with Gasteiger partial charge in [0.1, 0.15) is 29.9 Å². The lowest BCUT2D eigenvalue weighted by Gasteiger charge is -2.19. The topological polar surface area (TPSA) is 124 Å². The van der Waals surface area contributed by atoms with Gasteiger partial charge >= 0.3 is 0 Å². The number of hydroxylamine groups is 3. The highest BCUT2D eigenvalue weighted by Gasteiger charge is 2.24. The van der Waals surface area contributed by atoms with E-state index in [0.29, 0.717) is 74.3 Å². The number of amidine groups is 2. The number of benzene rings is 6. The first-order chi connectivity index (χ1) is 34.5. The Morgan fingerprint density at radius 3 is 2.21 bits per heavy atom. The minimum Gasteiger partial charge on any atom is -0.298 e. The van der Waals surface area contributed by atoms with Crippen LogP contribution in [0.15, 0.2) is 177 Å². The molecule has 6 aromatic carbocycles. The van der Waals surface area contributed by atoms with Gasteiger partial charge in [0.05, 0.1) is 65.4 Å². The zero-order valence-electron chi connectivity index (χ0n) is 38.4. The Labute approximate surface area is 430 Å². The largest absolute Gasteiger partial charge is 0.298 e. The van der Waals surface area contributed by atoms with Crippen molar-refractivity contribution in [3.8, 4) is 5.69 Å². The average Bonchev–Trinajstić information content (AvgIpc) is 4.19. The lowest BCUT2D eigenvalue weighted by Crippen LogP contribution is -2.31. The molecule has 0 atom stereocenters. The highest BCUT2D eigenvalue weighted by Crippen LogP contribution is 2.32. The van der Waals surface area contributed by atoms with Crippen LogP contribution in [0.25, 0.3) is 11.4 Å². The number of hydrogen-bond acceptors (Lipinski definition) is 9. The molecule has 11 rings (SSSR count). The predicted octanol–water partition coefficient (Wildman–Crippen LogP) is 11.5. The van der Waals surface area contributed by atoms with E-state index in [1.807, 2.05) is 127 Å². The molecule has 0 amide bonds. The molecule has 1 saturated carbocycles. The third-order valence-electron chi connectivity index (χ3n) is 11.7. The van der Waals surface area contributed by atoms with Crippen LogP contribution in [-0.2, 0) is 11.4 Å². The number of fused-ring (bicyclic) bond motifs is 5.